The summed E-state index contributed by atoms with van der Waals surface area (Å²) in [5.41, 5.74) is 2.16. The number of hydrogen-bond acceptors (Lipinski definition) is 6. The molecule has 7 nitrogen and oxygen atoms in total. The van der Waals surface area contributed by atoms with Gasteiger partial charge >= 0.3 is 0 Å². The third-order valence-corrected chi connectivity index (χ3v) is 5.58. The molecule has 0 radical (unpaired) electrons. The molecule has 0 aliphatic heterocycles. The summed E-state index contributed by atoms with van der Waals surface area (Å²) in [6.45, 7) is 3.54. The van der Waals surface area contributed by atoms with E-state index < -0.39 is 0 Å². The first-order chi connectivity index (χ1) is 16.2. The number of unbranched alkanes of at least 4 members (excludes halogenated alkanes) is 1. The first kappa shape index (κ1) is 24.1. The topological polar surface area (TPSA) is 103 Å². The van der Waals surface area contributed by atoms with Crippen LogP contribution in [0.1, 0.15) is 69.4 Å². The second kappa shape index (κ2) is 13.1. The molecule has 0 saturated heterocycles. The van der Waals surface area contributed by atoms with E-state index in [9.17, 15) is 4.79 Å². The van der Waals surface area contributed by atoms with Crippen LogP contribution in [-0.4, -0.2) is 29.0 Å². The van der Waals surface area contributed by atoms with Gasteiger partial charge in [-0.3, -0.25) is 4.79 Å². The molecule has 172 valence electrons. The minimum Gasteiger partial charge on any atom is -0.369 e. The summed E-state index contributed by atoms with van der Waals surface area (Å²) >= 11 is 0. The van der Waals surface area contributed by atoms with Crippen LogP contribution in [0, 0.1) is 29.1 Å². The molecule has 1 aromatic heterocycles. The second-order valence-corrected chi connectivity index (χ2v) is 8.23. The monoisotopic (exact) mass is 444 g/mol. The lowest BCUT2D eigenvalue weighted by molar-refractivity contribution is -0.125. The number of carbonyl (C=O) groups is 1. The maximum absolute atomic E-state index is 12.2. The zero-order valence-electron chi connectivity index (χ0n) is 19.3. The molecule has 1 aliphatic rings. The van der Waals surface area contributed by atoms with Crippen molar-refractivity contribution in [1.82, 2.24) is 15.3 Å². The van der Waals surface area contributed by atoms with E-state index in [1.165, 1.54) is 19.3 Å². The van der Waals surface area contributed by atoms with Gasteiger partial charge in [0.05, 0.1) is 23.4 Å². The van der Waals surface area contributed by atoms with E-state index in [2.05, 4.69) is 50.8 Å². The number of benzene rings is 1. The molecule has 1 heterocycles. The van der Waals surface area contributed by atoms with E-state index >= 15 is 0 Å². The SMILES string of the molecule is CCCNc1nc(Nc2ccc(C#N)cc2)ncc1C#CCCCNC(=O)C1CCCCC1. The Balaban J connectivity index is 1.53. The average molecular weight is 445 g/mol. The van der Waals surface area contributed by atoms with Crippen molar-refractivity contribution in [2.24, 2.45) is 5.92 Å². The van der Waals surface area contributed by atoms with Crippen LogP contribution < -0.4 is 16.0 Å². The highest BCUT2D eigenvalue weighted by atomic mass is 16.1. The summed E-state index contributed by atoms with van der Waals surface area (Å²) in [4.78, 5) is 21.2. The van der Waals surface area contributed by atoms with Crippen molar-refractivity contribution >= 4 is 23.4 Å². The molecule has 3 N–H and O–H groups in total. The standard InChI is InChI=1S/C26H32N6O/c1-2-16-28-24-22(11-7-4-8-17-29-25(33)21-9-5-3-6-10-21)19-30-26(32-24)31-23-14-12-20(18-27)13-15-23/h12-15,19,21H,2-6,8-10,16-17H2,1H3,(H,29,33)(H2,28,30,31,32). The number of anilines is 3. The summed E-state index contributed by atoms with van der Waals surface area (Å²) < 4.78 is 0. The van der Waals surface area contributed by atoms with E-state index in [0.717, 1.165) is 43.5 Å². The molecule has 1 aromatic carbocycles. The number of hydrogen-bond donors (Lipinski definition) is 3. The van der Waals surface area contributed by atoms with Gasteiger partial charge in [0.1, 0.15) is 5.82 Å². The van der Waals surface area contributed by atoms with Gasteiger partial charge in [0.2, 0.25) is 11.9 Å². The van der Waals surface area contributed by atoms with Gasteiger partial charge in [0.15, 0.2) is 0 Å². The zero-order valence-corrected chi connectivity index (χ0v) is 19.3. The van der Waals surface area contributed by atoms with Gasteiger partial charge in [0.25, 0.3) is 0 Å². The number of nitrogens with zero attached hydrogens (tertiary/aromatic N) is 3. The summed E-state index contributed by atoms with van der Waals surface area (Å²) in [5.74, 6) is 7.91. The Kier molecular flexibility index (Phi) is 9.54. The number of nitriles is 1. The predicted molar refractivity (Wildman–Crippen MR) is 131 cm³/mol. The zero-order chi connectivity index (χ0) is 23.3. The van der Waals surface area contributed by atoms with Crippen molar-refractivity contribution in [3.63, 3.8) is 0 Å². The molecule has 1 fully saturated rings. The summed E-state index contributed by atoms with van der Waals surface area (Å²) in [5, 5.41) is 18.5. The predicted octanol–water partition coefficient (Wildman–Crippen LogP) is 4.74. The van der Waals surface area contributed by atoms with Gasteiger partial charge in [-0.2, -0.15) is 10.2 Å². The Morgan fingerprint density at radius 2 is 1.94 bits per heavy atom. The molecule has 1 aliphatic carbocycles. The fourth-order valence-electron chi connectivity index (χ4n) is 3.72. The first-order valence-electron chi connectivity index (χ1n) is 11.8. The van der Waals surface area contributed by atoms with Crippen LogP contribution in [0.15, 0.2) is 30.5 Å². The van der Waals surface area contributed by atoms with Crippen molar-refractivity contribution in [2.45, 2.75) is 58.3 Å². The Hall–Kier alpha value is -3.58. The fourth-order valence-corrected chi connectivity index (χ4v) is 3.72. The van der Waals surface area contributed by atoms with E-state index in [-0.39, 0.29) is 11.8 Å². The average Bonchev–Trinajstić information content (AvgIpc) is 2.86. The molecule has 33 heavy (non-hydrogen) atoms. The first-order valence-corrected chi connectivity index (χ1v) is 11.8. The highest BCUT2D eigenvalue weighted by Crippen LogP contribution is 2.23. The van der Waals surface area contributed by atoms with Crippen LogP contribution in [-0.2, 0) is 4.79 Å². The van der Waals surface area contributed by atoms with Gasteiger partial charge in [-0.1, -0.05) is 38.0 Å². The fraction of sp³-hybridized carbons (Fsp3) is 0.462. The summed E-state index contributed by atoms with van der Waals surface area (Å²) in [7, 11) is 0. The minimum atomic E-state index is 0.200. The van der Waals surface area contributed by atoms with Crippen LogP contribution in [0.4, 0.5) is 17.5 Å². The number of rotatable bonds is 9. The lowest BCUT2D eigenvalue weighted by atomic mass is 9.89. The molecule has 7 heteroatoms. The molecule has 1 saturated carbocycles. The number of aromatic nitrogens is 2. The molecule has 1 amide bonds. The van der Waals surface area contributed by atoms with E-state index in [4.69, 9.17) is 5.26 Å². The Bertz CT molecular complexity index is 1010. The van der Waals surface area contributed by atoms with Crippen molar-refractivity contribution in [1.29, 1.82) is 5.26 Å². The molecular weight excluding hydrogens is 412 g/mol. The van der Waals surface area contributed by atoms with Crippen LogP contribution in [0.2, 0.25) is 0 Å². The van der Waals surface area contributed by atoms with Crippen molar-refractivity contribution in [2.75, 3.05) is 23.7 Å². The Morgan fingerprint density at radius 1 is 1.15 bits per heavy atom. The number of amides is 1. The van der Waals surface area contributed by atoms with Crippen molar-refractivity contribution in [3.8, 4) is 17.9 Å². The highest BCUT2D eigenvalue weighted by Gasteiger charge is 2.20. The van der Waals surface area contributed by atoms with Crippen LogP contribution in [0.25, 0.3) is 0 Å². The molecular formula is C26H32N6O. The molecule has 3 rings (SSSR count). The maximum Gasteiger partial charge on any atom is 0.229 e. The molecule has 0 bridgehead atoms. The van der Waals surface area contributed by atoms with E-state index in [1.807, 2.05) is 12.1 Å². The van der Waals surface area contributed by atoms with Crippen LogP contribution in [0.5, 0.6) is 0 Å². The van der Waals surface area contributed by atoms with E-state index in [0.29, 0.717) is 30.3 Å². The lowest BCUT2D eigenvalue weighted by Crippen LogP contribution is -2.32. The molecule has 2 aromatic rings. The number of carbonyl (C=O) groups excluding carboxylic acids is 1. The maximum atomic E-state index is 12.2. The second-order valence-electron chi connectivity index (χ2n) is 8.23. The third-order valence-electron chi connectivity index (χ3n) is 5.58. The summed E-state index contributed by atoms with van der Waals surface area (Å²) in [6, 6.07) is 9.24. The molecule has 0 unspecified atom stereocenters. The Labute approximate surface area is 196 Å². The van der Waals surface area contributed by atoms with Crippen molar-refractivity contribution in [3.05, 3.63) is 41.6 Å². The van der Waals surface area contributed by atoms with Gasteiger partial charge < -0.3 is 16.0 Å². The smallest absolute Gasteiger partial charge is 0.229 e. The van der Waals surface area contributed by atoms with Gasteiger partial charge in [-0.15, -0.1) is 0 Å². The van der Waals surface area contributed by atoms with Crippen molar-refractivity contribution < 1.29 is 4.79 Å². The van der Waals surface area contributed by atoms with Crippen LogP contribution >= 0.6 is 0 Å². The van der Waals surface area contributed by atoms with E-state index in [1.54, 1.807) is 18.3 Å². The minimum absolute atomic E-state index is 0.200. The lowest BCUT2D eigenvalue weighted by Gasteiger charge is -2.20. The highest BCUT2D eigenvalue weighted by molar-refractivity contribution is 5.78. The largest absolute Gasteiger partial charge is 0.369 e. The van der Waals surface area contributed by atoms with Crippen LogP contribution in [0.3, 0.4) is 0 Å². The molecule has 0 spiro atoms. The van der Waals surface area contributed by atoms with Gasteiger partial charge in [-0.05, 0) is 49.9 Å². The third kappa shape index (κ3) is 7.80. The van der Waals surface area contributed by atoms with Gasteiger partial charge in [0, 0.05) is 31.1 Å². The van der Waals surface area contributed by atoms with Gasteiger partial charge in [-0.25, -0.2) is 4.98 Å². The Morgan fingerprint density at radius 3 is 2.67 bits per heavy atom. The summed E-state index contributed by atoms with van der Waals surface area (Å²) in [6.07, 6.45) is 9.84. The normalized spacial score (nSPS) is 13.3. The number of nitrogens with one attached hydrogen (secondary N) is 3. The molecule has 0 atom stereocenters. The quantitative estimate of drug-likeness (QED) is 0.381.